The Hall–Kier alpha value is 0.220. The van der Waals surface area contributed by atoms with Crippen LogP contribution in [0.15, 0.2) is 0 Å². The third-order valence-corrected chi connectivity index (χ3v) is 5.73. The normalized spacial score (nSPS) is 21.6. The van der Waals surface area contributed by atoms with Gasteiger partial charge in [-0.3, -0.25) is 0 Å². The number of unbranched alkanes of at least 4 members (excludes halogenated alkanes) is 1. The predicted molar refractivity (Wildman–Crippen MR) is 75.0 cm³/mol. The SMILES string of the molecule is CNCCCCS(=O)(=O)NCC1CCCCS1. The van der Waals surface area contributed by atoms with Gasteiger partial charge >= 0.3 is 0 Å². The van der Waals surface area contributed by atoms with E-state index in [1.807, 2.05) is 18.8 Å². The number of thioether (sulfide) groups is 1. The highest BCUT2D eigenvalue weighted by atomic mass is 32.2. The molecule has 0 aliphatic carbocycles. The van der Waals surface area contributed by atoms with Crippen molar-refractivity contribution < 1.29 is 8.42 Å². The summed E-state index contributed by atoms with van der Waals surface area (Å²) in [7, 11) is -1.17. The summed E-state index contributed by atoms with van der Waals surface area (Å²) in [6.07, 6.45) is 5.30. The molecule has 1 unspecified atom stereocenters. The molecule has 1 aliphatic heterocycles. The molecule has 0 amide bonds. The highest BCUT2D eigenvalue weighted by molar-refractivity contribution is 8.00. The van der Waals surface area contributed by atoms with Crippen LogP contribution in [0.3, 0.4) is 0 Å². The largest absolute Gasteiger partial charge is 0.320 e. The van der Waals surface area contributed by atoms with E-state index in [-0.39, 0.29) is 5.75 Å². The Labute approximate surface area is 109 Å². The molecule has 0 spiro atoms. The summed E-state index contributed by atoms with van der Waals surface area (Å²) >= 11 is 1.90. The molecule has 6 heteroatoms. The van der Waals surface area contributed by atoms with E-state index in [1.54, 1.807) is 0 Å². The third-order valence-electron chi connectivity index (χ3n) is 2.89. The Balaban J connectivity index is 2.14. The fourth-order valence-corrected chi connectivity index (χ4v) is 4.38. The van der Waals surface area contributed by atoms with E-state index in [9.17, 15) is 8.42 Å². The van der Waals surface area contributed by atoms with Crippen LogP contribution in [0.25, 0.3) is 0 Å². The quantitative estimate of drug-likeness (QED) is 0.656. The number of hydrogen-bond acceptors (Lipinski definition) is 4. The van der Waals surface area contributed by atoms with Gasteiger partial charge < -0.3 is 5.32 Å². The molecular weight excluding hydrogens is 256 g/mol. The summed E-state index contributed by atoms with van der Waals surface area (Å²) in [5.41, 5.74) is 0. The van der Waals surface area contributed by atoms with Gasteiger partial charge in [0, 0.05) is 11.8 Å². The summed E-state index contributed by atoms with van der Waals surface area (Å²) in [4.78, 5) is 0. The molecule has 1 aliphatic rings. The Morgan fingerprint density at radius 1 is 1.29 bits per heavy atom. The zero-order chi connectivity index (χ0) is 12.6. The van der Waals surface area contributed by atoms with E-state index in [0.717, 1.165) is 25.8 Å². The van der Waals surface area contributed by atoms with Crippen LogP contribution in [0.5, 0.6) is 0 Å². The van der Waals surface area contributed by atoms with E-state index >= 15 is 0 Å². The zero-order valence-electron chi connectivity index (χ0n) is 10.6. The Morgan fingerprint density at radius 3 is 2.76 bits per heavy atom. The van der Waals surface area contributed by atoms with E-state index < -0.39 is 10.0 Å². The predicted octanol–water partition coefficient (Wildman–Crippen LogP) is 1.19. The molecule has 0 radical (unpaired) electrons. The lowest BCUT2D eigenvalue weighted by molar-refractivity contribution is 0.568. The molecule has 0 aromatic heterocycles. The molecular formula is C11H24N2O2S2. The van der Waals surface area contributed by atoms with E-state index in [4.69, 9.17) is 0 Å². The van der Waals surface area contributed by atoms with Gasteiger partial charge in [0.15, 0.2) is 0 Å². The van der Waals surface area contributed by atoms with Crippen LogP contribution >= 0.6 is 11.8 Å². The molecule has 1 heterocycles. The van der Waals surface area contributed by atoms with Gasteiger partial charge in [0.05, 0.1) is 5.75 Å². The maximum atomic E-state index is 11.7. The van der Waals surface area contributed by atoms with E-state index in [2.05, 4.69) is 10.0 Å². The average molecular weight is 280 g/mol. The fraction of sp³-hybridized carbons (Fsp3) is 1.00. The molecule has 102 valence electrons. The first kappa shape index (κ1) is 15.3. The van der Waals surface area contributed by atoms with Gasteiger partial charge in [-0.05, 0) is 45.0 Å². The van der Waals surface area contributed by atoms with Crippen LogP contribution in [-0.4, -0.2) is 45.3 Å². The lowest BCUT2D eigenvalue weighted by Crippen LogP contribution is -2.33. The third kappa shape index (κ3) is 7.28. The number of hydrogen-bond donors (Lipinski definition) is 2. The molecule has 1 atom stereocenters. The van der Waals surface area contributed by atoms with Crippen molar-refractivity contribution in [3.8, 4) is 0 Å². The summed E-state index contributed by atoms with van der Waals surface area (Å²) in [5.74, 6) is 1.43. The zero-order valence-corrected chi connectivity index (χ0v) is 12.2. The molecule has 17 heavy (non-hydrogen) atoms. The maximum Gasteiger partial charge on any atom is 0.211 e. The van der Waals surface area contributed by atoms with Crippen LogP contribution < -0.4 is 10.0 Å². The first-order valence-electron chi connectivity index (χ1n) is 6.37. The van der Waals surface area contributed by atoms with E-state index in [0.29, 0.717) is 11.8 Å². The molecule has 0 aromatic carbocycles. The minimum absolute atomic E-state index is 0.256. The van der Waals surface area contributed by atoms with Gasteiger partial charge in [-0.2, -0.15) is 11.8 Å². The van der Waals surface area contributed by atoms with Crippen molar-refractivity contribution >= 4 is 21.8 Å². The molecule has 1 rings (SSSR count). The number of rotatable bonds is 8. The molecule has 1 saturated heterocycles. The van der Waals surface area contributed by atoms with Crippen molar-refractivity contribution in [3.63, 3.8) is 0 Å². The first-order chi connectivity index (χ1) is 8.14. The van der Waals surface area contributed by atoms with Gasteiger partial charge in [-0.15, -0.1) is 0 Å². The van der Waals surface area contributed by atoms with Gasteiger partial charge in [0.25, 0.3) is 0 Å². The fourth-order valence-electron chi connectivity index (χ4n) is 1.85. The second-order valence-electron chi connectivity index (χ2n) is 4.47. The van der Waals surface area contributed by atoms with Gasteiger partial charge in [-0.1, -0.05) is 6.42 Å². The summed E-state index contributed by atoms with van der Waals surface area (Å²) in [5, 5.41) is 3.50. The highest BCUT2D eigenvalue weighted by Gasteiger charge is 2.17. The molecule has 0 aromatic rings. The van der Waals surface area contributed by atoms with Crippen molar-refractivity contribution in [2.45, 2.75) is 37.4 Å². The number of nitrogens with one attached hydrogen (secondary N) is 2. The second kappa shape index (κ2) is 8.34. The minimum atomic E-state index is -3.05. The average Bonchev–Trinajstić information content (AvgIpc) is 2.34. The minimum Gasteiger partial charge on any atom is -0.320 e. The van der Waals surface area contributed by atoms with E-state index in [1.165, 1.54) is 18.6 Å². The lowest BCUT2D eigenvalue weighted by Gasteiger charge is -2.21. The Bertz CT molecular complexity index is 288. The Kier molecular flexibility index (Phi) is 7.50. The topological polar surface area (TPSA) is 58.2 Å². The maximum absolute atomic E-state index is 11.7. The van der Waals surface area contributed by atoms with Crippen LogP contribution in [0.1, 0.15) is 32.1 Å². The summed E-state index contributed by atoms with van der Waals surface area (Å²) in [6, 6.07) is 0. The van der Waals surface area contributed by atoms with Gasteiger partial charge in [-0.25, -0.2) is 13.1 Å². The van der Waals surface area contributed by atoms with Gasteiger partial charge in [0.1, 0.15) is 0 Å². The van der Waals surface area contributed by atoms with Gasteiger partial charge in [0.2, 0.25) is 10.0 Å². The van der Waals surface area contributed by atoms with Crippen molar-refractivity contribution in [3.05, 3.63) is 0 Å². The van der Waals surface area contributed by atoms with Crippen molar-refractivity contribution in [1.82, 2.24) is 10.0 Å². The smallest absolute Gasteiger partial charge is 0.211 e. The van der Waals surface area contributed by atoms with Crippen LogP contribution in [0.2, 0.25) is 0 Å². The summed E-state index contributed by atoms with van der Waals surface area (Å²) in [6.45, 7) is 1.49. The molecule has 0 bridgehead atoms. The number of sulfonamides is 1. The standard InChI is InChI=1S/C11H24N2O2S2/c1-12-7-3-5-9-17(14,15)13-10-11-6-2-4-8-16-11/h11-13H,2-10H2,1H3. The van der Waals surface area contributed by atoms with Crippen molar-refractivity contribution in [1.29, 1.82) is 0 Å². The monoisotopic (exact) mass is 280 g/mol. The van der Waals surface area contributed by atoms with Crippen molar-refractivity contribution in [2.75, 3.05) is 31.6 Å². The highest BCUT2D eigenvalue weighted by Crippen LogP contribution is 2.24. The lowest BCUT2D eigenvalue weighted by atomic mass is 10.2. The molecule has 2 N–H and O–H groups in total. The summed E-state index contributed by atoms with van der Waals surface area (Å²) < 4.78 is 26.1. The van der Waals surface area contributed by atoms with Crippen molar-refractivity contribution in [2.24, 2.45) is 0 Å². The Morgan fingerprint density at radius 2 is 2.12 bits per heavy atom. The first-order valence-corrected chi connectivity index (χ1v) is 9.08. The molecule has 4 nitrogen and oxygen atoms in total. The van der Waals surface area contributed by atoms with Crippen LogP contribution in [0, 0.1) is 0 Å². The second-order valence-corrected chi connectivity index (χ2v) is 7.80. The van der Waals surface area contributed by atoms with Crippen LogP contribution in [-0.2, 0) is 10.0 Å². The van der Waals surface area contributed by atoms with Crippen LogP contribution in [0.4, 0.5) is 0 Å². The molecule has 1 fully saturated rings. The molecule has 0 saturated carbocycles.